The van der Waals surface area contributed by atoms with Gasteiger partial charge in [-0.05, 0) is 43.0 Å². The van der Waals surface area contributed by atoms with Gasteiger partial charge in [-0.2, -0.15) is 0 Å². The van der Waals surface area contributed by atoms with E-state index in [4.69, 9.17) is 4.74 Å². The fraction of sp³-hybridized carbons (Fsp3) is 0.333. The zero-order valence-electron chi connectivity index (χ0n) is 15.1. The Kier molecular flexibility index (Phi) is 5.99. The molecule has 0 aliphatic rings. The number of rotatable bonds is 7. The van der Waals surface area contributed by atoms with Crippen molar-refractivity contribution in [2.75, 3.05) is 7.11 Å². The van der Waals surface area contributed by atoms with Gasteiger partial charge in [0.15, 0.2) is 0 Å². The SMILES string of the molecule is CC[C@@H](NS(=O)(=O)c1cc([N+](=O)[O-])ccc1C)c1ccc(OC)c(C)c1. The fourth-order valence-electron chi connectivity index (χ4n) is 2.75. The highest BCUT2D eigenvalue weighted by Gasteiger charge is 2.24. The Hall–Kier alpha value is -2.45. The van der Waals surface area contributed by atoms with Crippen LogP contribution in [-0.4, -0.2) is 20.5 Å². The van der Waals surface area contributed by atoms with Crippen molar-refractivity contribution in [3.05, 3.63) is 63.2 Å². The lowest BCUT2D eigenvalue weighted by molar-refractivity contribution is -0.385. The summed E-state index contributed by atoms with van der Waals surface area (Å²) in [4.78, 5) is 10.3. The molecule has 1 N–H and O–H groups in total. The first-order chi connectivity index (χ1) is 12.2. The molecule has 26 heavy (non-hydrogen) atoms. The molecular formula is C18H22N2O5S. The van der Waals surface area contributed by atoms with Crippen LogP contribution in [0.15, 0.2) is 41.3 Å². The van der Waals surface area contributed by atoms with Crippen molar-refractivity contribution in [1.29, 1.82) is 0 Å². The van der Waals surface area contributed by atoms with Crippen LogP contribution in [0.3, 0.4) is 0 Å². The third-order valence-corrected chi connectivity index (χ3v) is 5.81. The van der Waals surface area contributed by atoms with Crippen LogP contribution in [0.4, 0.5) is 5.69 Å². The molecule has 8 heteroatoms. The Morgan fingerprint density at radius 2 is 1.85 bits per heavy atom. The summed E-state index contributed by atoms with van der Waals surface area (Å²) in [5.41, 5.74) is 1.89. The average Bonchev–Trinajstić information content (AvgIpc) is 2.59. The van der Waals surface area contributed by atoms with E-state index in [0.717, 1.165) is 22.9 Å². The van der Waals surface area contributed by atoms with Crippen LogP contribution in [0.5, 0.6) is 5.75 Å². The minimum absolute atomic E-state index is 0.0876. The molecule has 0 heterocycles. The number of aryl methyl sites for hydroxylation is 2. The first kappa shape index (κ1) is 19.9. The molecule has 2 aromatic carbocycles. The number of nitro benzene ring substituents is 1. The second kappa shape index (κ2) is 7.84. The van der Waals surface area contributed by atoms with Crippen LogP contribution in [-0.2, 0) is 10.0 Å². The Morgan fingerprint density at radius 1 is 1.15 bits per heavy atom. The predicted molar refractivity (Wildman–Crippen MR) is 98.9 cm³/mol. The van der Waals surface area contributed by atoms with Crippen molar-refractivity contribution >= 4 is 15.7 Å². The monoisotopic (exact) mass is 378 g/mol. The molecular weight excluding hydrogens is 356 g/mol. The van der Waals surface area contributed by atoms with Crippen LogP contribution in [0, 0.1) is 24.0 Å². The number of sulfonamides is 1. The van der Waals surface area contributed by atoms with Gasteiger partial charge in [0.1, 0.15) is 5.75 Å². The van der Waals surface area contributed by atoms with E-state index in [1.807, 2.05) is 26.0 Å². The summed E-state index contributed by atoms with van der Waals surface area (Å²) in [5, 5.41) is 11.0. The van der Waals surface area contributed by atoms with Crippen molar-refractivity contribution < 1.29 is 18.1 Å². The molecule has 0 aliphatic carbocycles. The smallest absolute Gasteiger partial charge is 0.270 e. The third kappa shape index (κ3) is 4.20. The minimum Gasteiger partial charge on any atom is -0.496 e. The summed E-state index contributed by atoms with van der Waals surface area (Å²) in [6, 6.07) is 8.83. The van der Waals surface area contributed by atoms with Crippen molar-refractivity contribution in [2.45, 2.75) is 38.1 Å². The van der Waals surface area contributed by atoms with Crippen LogP contribution >= 0.6 is 0 Å². The molecule has 0 unspecified atom stereocenters. The summed E-state index contributed by atoms with van der Waals surface area (Å²) in [6.45, 7) is 5.36. The molecule has 2 aromatic rings. The van der Waals surface area contributed by atoms with E-state index in [2.05, 4.69) is 4.72 Å². The normalized spacial score (nSPS) is 12.6. The average molecular weight is 378 g/mol. The lowest BCUT2D eigenvalue weighted by atomic mass is 10.0. The van der Waals surface area contributed by atoms with Gasteiger partial charge in [0.25, 0.3) is 5.69 Å². The molecule has 0 radical (unpaired) electrons. The maximum absolute atomic E-state index is 12.8. The molecule has 1 atom stereocenters. The van der Waals surface area contributed by atoms with Gasteiger partial charge in [-0.3, -0.25) is 10.1 Å². The van der Waals surface area contributed by atoms with Gasteiger partial charge in [0, 0.05) is 18.2 Å². The summed E-state index contributed by atoms with van der Waals surface area (Å²) in [5.74, 6) is 0.723. The number of ether oxygens (including phenoxy) is 1. The molecule has 0 fully saturated rings. The first-order valence-corrected chi connectivity index (χ1v) is 9.59. The van der Waals surface area contributed by atoms with Gasteiger partial charge in [0.05, 0.1) is 16.9 Å². The number of benzene rings is 2. The lowest BCUT2D eigenvalue weighted by Gasteiger charge is -2.19. The van der Waals surface area contributed by atoms with Crippen molar-refractivity contribution in [2.24, 2.45) is 0 Å². The number of methoxy groups -OCH3 is 1. The number of hydrogen-bond acceptors (Lipinski definition) is 5. The van der Waals surface area contributed by atoms with E-state index in [1.165, 1.54) is 12.1 Å². The fourth-order valence-corrected chi connectivity index (χ4v) is 4.32. The highest BCUT2D eigenvalue weighted by atomic mass is 32.2. The highest BCUT2D eigenvalue weighted by Crippen LogP contribution is 2.27. The van der Waals surface area contributed by atoms with Crippen molar-refractivity contribution in [3.63, 3.8) is 0 Å². The lowest BCUT2D eigenvalue weighted by Crippen LogP contribution is -2.29. The topological polar surface area (TPSA) is 98.5 Å². The highest BCUT2D eigenvalue weighted by molar-refractivity contribution is 7.89. The van der Waals surface area contributed by atoms with E-state index < -0.39 is 21.0 Å². The van der Waals surface area contributed by atoms with E-state index in [-0.39, 0.29) is 10.6 Å². The van der Waals surface area contributed by atoms with Crippen molar-refractivity contribution in [1.82, 2.24) is 4.72 Å². The molecule has 7 nitrogen and oxygen atoms in total. The van der Waals surface area contributed by atoms with E-state index in [9.17, 15) is 18.5 Å². The zero-order valence-corrected chi connectivity index (χ0v) is 16.0. The Bertz CT molecular complexity index is 925. The number of nitro groups is 1. The summed E-state index contributed by atoms with van der Waals surface area (Å²) in [7, 11) is -2.34. The zero-order chi connectivity index (χ0) is 19.5. The molecule has 0 aliphatic heterocycles. The number of nitrogens with zero attached hydrogens (tertiary/aromatic N) is 1. The van der Waals surface area contributed by atoms with E-state index in [0.29, 0.717) is 12.0 Å². The quantitative estimate of drug-likeness (QED) is 0.586. The standard InChI is InChI=1S/C18H22N2O5S/c1-5-16(14-7-9-17(25-4)13(3)10-14)19-26(23,24)18-11-15(20(21)22)8-6-12(18)2/h6-11,16,19H,5H2,1-4H3/t16-/m1/s1. The maximum atomic E-state index is 12.8. The Balaban J connectivity index is 2.39. The number of hydrogen-bond donors (Lipinski definition) is 1. The van der Waals surface area contributed by atoms with Gasteiger partial charge in [-0.15, -0.1) is 0 Å². The van der Waals surface area contributed by atoms with Crippen LogP contribution in [0.2, 0.25) is 0 Å². The molecule has 0 amide bonds. The second-order valence-corrected chi connectivity index (χ2v) is 7.70. The van der Waals surface area contributed by atoms with E-state index in [1.54, 1.807) is 20.1 Å². The van der Waals surface area contributed by atoms with Crippen molar-refractivity contribution in [3.8, 4) is 5.75 Å². The molecule has 140 valence electrons. The summed E-state index contributed by atoms with van der Waals surface area (Å²) < 4.78 is 33.5. The molecule has 0 aromatic heterocycles. The second-order valence-electron chi connectivity index (χ2n) is 6.02. The van der Waals surface area contributed by atoms with Gasteiger partial charge >= 0.3 is 0 Å². The van der Waals surface area contributed by atoms with Gasteiger partial charge in [-0.1, -0.05) is 25.1 Å². The molecule has 2 rings (SSSR count). The third-order valence-electron chi connectivity index (χ3n) is 4.20. The van der Waals surface area contributed by atoms with Gasteiger partial charge in [0.2, 0.25) is 10.0 Å². The number of non-ortho nitro benzene ring substituents is 1. The first-order valence-electron chi connectivity index (χ1n) is 8.11. The molecule has 0 saturated carbocycles. The molecule has 0 spiro atoms. The van der Waals surface area contributed by atoms with Crippen LogP contribution < -0.4 is 9.46 Å². The largest absolute Gasteiger partial charge is 0.496 e. The Labute approximate surface area is 153 Å². The predicted octanol–water partition coefficient (Wildman–Crippen LogP) is 3.65. The minimum atomic E-state index is -3.92. The van der Waals surface area contributed by atoms with Gasteiger partial charge in [-0.25, -0.2) is 13.1 Å². The maximum Gasteiger partial charge on any atom is 0.270 e. The van der Waals surface area contributed by atoms with E-state index >= 15 is 0 Å². The van der Waals surface area contributed by atoms with Crippen LogP contribution in [0.25, 0.3) is 0 Å². The summed E-state index contributed by atoms with van der Waals surface area (Å²) in [6.07, 6.45) is 0.527. The van der Waals surface area contributed by atoms with Crippen LogP contribution in [0.1, 0.15) is 36.1 Å². The summed E-state index contributed by atoms with van der Waals surface area (Å²) >= 11 is 0. The Morgan fingerprint density at radius 3 is 2.38 bits per heavy atom. The number of nitrogens with one attached hydrogen (secondary N) is 1. The van der Waals surface area contributed by atoms with Gasteiger partial charge < -0.3 is 4.74 Å². The molecule has 0 bridgehead atoms. The molecule has 0 saturated heterocycles.